The molecule has 0 aliphatic carbocycles. The molecule has 1 N–H and O–H groups in total. The van der Waals surface area contributed by atoms with E-state index in [-0.39, 0.29) is 21.8 Å². The van der Waals surface area contributed by atoms with Gasteiger partial charge >= 0.3 is 0 Å². The Morgan fingerprint density at radius 1 is 1.20 bits per heavy atom. The van der Waals surface area contributed by atoms with Crippen LogP contribution in [0.5, 0.6) is 0 Å². The van der Waals surface area contributed by atoms with Gasteiger partial charge < -0.3 is 10.1 Å². The zero-order valence-corrected chi connectivity index (χ0v) is 15.1. The number of pyridine rings is 1. The normalized spacial score (nSPS) is 12.4. The van der Waals surface area contributed by atoms with Crippen LogP contribution in [-0.4, -0.2) is 34.7 Å². The second-order valence-corrected chi connectivity index (χ2v) is 6.24. The average Bonchev–Trinajstić information content (AvgIpc) is 2.57. The number of ether oxygens (including phenoxy) is 1. The van der Waals surface area contributed by atoms with Crippen molar-refractivity contribution in [3.05, 3.63) is 46.6 Å². The van der Waals surface area contributed by atoms with Crippen LogP contribution in [0, 0.1) is 5.82 Å². The van der Waals surface area contributed by atoms with Gasteiger partial charge in [0.2, 0.25) is 0 Å². The van der Waals surface area contributed by atoms with Crippen molar-refractivity contribution in [3.63, 3.8) is 0 Å². The monoisotopic (exact) mass is 380 g/mol. The fourth-order valence-corrected chi connectivity index (χ4v) is 3.13. The number of anilines is 1. The van der Waals surface area contributed by atoms with Gasteiger partial charge in [0.1, 0.15) is 16.5 Å². The van der Waals surface area contributed by atoms with Crippen molar-refractivity contribution in [1.29, 1.82) is 0 Å². The van der Waals surface area contributed by atoms with Gasteiger partial charge in [-0.2, -0.15) is 0 Å². The minimum Gasteiger partial charge on any atom is -0.383 e. The summed E-state index contributed by atoms with van der Waals surface area (Å²) in [6.07, 6.45) is 3.06. The lowest BCUT2D eigenvalue weighted by Crippen LogP contribution is -2.22. The molecule has 0 saturated carbocycles. The molecule has 0 amide bonds. The van der Waals surface area contributed by atoms with Gasteiger partial charge in [-0.15, -0.1) is 0 Å². The highest BCUT2D eigenvalue weighted by molar-refractivity contribution is 6.37. The van der Waals surface area contributed by atoms with E-state index in [1.165, 1.54) is 24.5 Å². The third kappa shape index (κ3) is 3.51. The topological polar surface area (TPSA) is 59.9 Å². The van der Waals surface area contributed by atoms with E-state index in [4.69, 9.17) is 27.9 Å². The Balaban J connectivity index is 2.32. The maximum Gasteiger partial charge on any atom is 0.181 e. The van der Waals surface area contributed by atoms with Crippen molar-refractivity contribution in [1.82, 2.24) is 15.0 Å². The molecule has 0 aliphatic rings. The summed E-state index contributed by atoms with van der Waals surface area (Å²) in [7, 11) is 1.60. The number of halogens is 3. The molecule has 8 heteroatoms. The summed E-state index contributed by atoms with van der Waals surface area (Å²) in [6.45, 7) is 2.36. The van der Waals surface area contributed by atoms with Crippen molar-refractivity contribution < 1.29 is 9.13 Å². The van der Waals surface area contributed by atoms with E-state index in [2.05, 4.69) is 20.3 Å². The molecule has 0 bridgehead atoms. The Morgan fingerprint density at radius 3 is 2.68 bits per heavy atom. The van der Waals surface area contributed by atoms with E-state index in [1.54, 1.807) is 13.2 Å². The third-order valence-electron chi connectivity index (χ3n) is 3.60. The fraction of sp³-hybridized carbons (Fsp3) is 0.235. The summed E-state index contributed by atoms with van der Waals surface area (Å²) in [4.78, 5) is 12.8. The van der Waals surface area contributed by atoms with Crippen molar-refractivity contribution in [2.75, 3.05) is 19.0 Å². The zero-order valence-electron chi connectivity index (χ0n) is 13.6. The Labute approximate surface area is 154 Å². The predicted octanol–water partition coefficient (Wildman–Crippen LogP) is 4.58. The molecule has 3 aromatic rings. The van der Waals surface area contributed by atoms with Crippen molar-refractivity contribution >= 4 is 40.1 Å². The highest BCUT2D eigenvalue weighted by Gasteiger charge is 2.23. The summed E-state index contributed by atoms with van der Waals surface area (Å²) in [6, 6.07) is 4.36. The second-order valence-electron chi connectivity index (χ2n) is 5.48. The average molecular weight is 381 g/mol. The fourth-order valence-electron chi connectivity index (χ4n) is 2.60. The Kier molecular flexibility index (Phi) is 5.32. The van der Waals surface area contributed by atoms with Crippen molar-refractivity contribution in [3.8, 4) is 11.1 Å². The molecular weight excluding hydrogens is 366 g/mol. The molecule has 5 nitrogen and oxygen atoms in total. The van der Waals surface area contributed by atoms with Gasteiger partial charge in [0, 0.05) is 36.7 Å². The van der Waals surface area contributed by atoms with Gasteiger partial charge in [0.15, 0.2) is 5.65 Å². The number of hydrogen-bond acceptors (Lipinski definition) is 5. The highest BCUT2D eigenvalue weighted by Crippen LogP contribution is 2.42. The number of hydrogen-bond donors (Lipinski definition) is 1. The first kappa shape index (κ1) is 17.8. The number of fused-ring (bicyclic) bond motifs is 1. The summed E-state index contributed by atoms with van der Waals surface area (Å²) in [5.41, 5.74) is 1.86. The van der Waals surface area contributed by atoms with Crippen LogP contribution in [0.25, 0.3) is 22.3 Å². The Morgan fingerprint density at radius 2 is 1.96 bits per heavy atom. The Bertz CT molecular complexity index is 902. The van der Waals surface area contributed by atoms with Crippen molar-refractivity contribution in [2.45, 2.75) is 13.0 Å². The van der Waals surface area contributed by atoms with Gasteiger partial charge in [-0.1, -0.05) is 29.3 Å². The third-order valence-corrected chi connectivity index (χ3v) is 4.18. The van der Waals surface area contributed by atoms with Crippen LogP contribution in [0.4, 0.5) is 10.1 Å². The SMILES string of the molecule is COCC(C)Nc1c(-c2c(F)cccc2Cl)c(Cl)nc2nccnc12. The van der Waals surface area contributed by atoms with Crippen LogP contribution in [0.1, 0.15) is 6.92 Å². The molecule has 1 unspecified atom stereocenters. The number of methoxy groups -OCH3 is 1. The van der Waals surface area contributed by atoms with E-state index >= 15 is 0 Å². The van der Waals surface area contributed by atoms with Crippen LogP contribution in [0.3, 0.4) is 0 Å². The zero-order chi connectivity index (χ0) is 18.0. The predicted molar refractivity (Wildman–Crippen MR) is 97.7 cm³/mol. The van der Waals surface area contributed by atoms with Crippen molar-refractivity contribution in [2.24, 2.45) is 0 Å². The number of rotatable bonds is 5. The molecule has 1 atom stereocenters. The highest BCUT2D eigenvalue weighted by atomic mass is 35.5. The lowest BCUT2D eigenvalue weighted by Gasteiger charge is -2.20. The molecule has 2 aromatic heterocycles. The maximum atomic E-state index is 14.5. The van der Waals surface area contributed by atoms with Gasteiger partial charge in [0.25, 0.3) is 0 Å². The molecule has 0 radical (unpaired) electrons. The summed E-state index contributed by atoms with van der Waals surface area (Å²) >= 11 is 12.6. The molecule has 0 spiro atoms. The van der Waals surface area contributed by atoms with Crippen LogP contribution in [0.15, 0.2) is 30.6 Å². The van der Waals surface area contributed by atoms with E-state index in [0.29, 0.717) is 29.0 Å². The summed E-state index contributed by atoms with van der Waals surface area (Å²) < 4.78 is 19.7. The largest absolute Gasteiger partial charge is 0.383 e. The van der Waals surface area contributed by atoms with E-state index in [9.17, 15) is 4.39 Å². The molecule has 130 valence electrons. The molecule has 0 fully saturated rings. The molecule has 3 rings (SSSR count). The van der Waals surface area contributed by atoms with E-state index in [0.717, 1.165) is 0 Å². The molecule has 2 heterocycles. The minimum absolute atomic E-state index is 0.0852. The molecule has 0 aliphatic heterocycles. The number of benzene rings is 1. The summed E-state index contributed by atoms with van der Waals surface area (Å²) in [5, 5.41) is 3.59. The lowest BCUT2D eigenvalue weighted by molar-refractivity contribution is 0.190. The second kappa shape index (κ2) is 7.47. The number of nitrogens with zero attached hydrogens (tertiary/aromatic N) is 3. The maximum absolute atomic E-state index is 14.5. The van der Waals surface area contributed by atoms with Gasteiger partial charge in [-0.3, -0.25) is 0 Å². The summed E-state index contributed by atoms with van der Waals surface area (Å²) in [5.74, 6) is -0.498. The van der Waals surface area contributed by atoms with Gasteiger partial charge in [-0.05, 0) is 19.1 Å². The van der Waals surface area contributed by atoms with Gasteiger partial charge in [-0.25, -0.2) is 19.3 Å². The van der Waals surface area contributed by atoms with Crippen LogP contribution in [0.2, 0.25) is 10.2 Å². The van der Waals surface area contributed by atoms with Crippen LogP contribution in [-0.2, 0) is 4.74 Å². The van der Waals surface area contributed by atoms with Gasteiger partial charge in [0.05, 0.1) is 17.3 Å². The van der Waals surface area contributed by atoms with E-state index in [1.807, 2.05) is 6.92 Å². The molecule has 1 aromatic carbocycles. The lowest BCUT2D eigenvalue weighted by atomic mass is 10.0. The first-order valence-electron chi connectivity index (χ1n) is 7.53. The number of aromatic nitrogens is 3. The minimum atomic E-state index is -0.498. The first-order chi connectivity index (χ1) is 12.0. The number of nitrogens with one attached hydrogen (secondary N) is 1. The molecule has 0 saturated heterocycles. The smallest absolute Gasteiger partial charge is 0.181 e. The first-order valence-corrected chi connectivity index (χ1v) is 8.28. The standard InChI is InChI=1S/C17H15Cl2FN4O/c1-9(8-25-2)23-14-13(12-10(18)4-3-5-11(12)20)16(19)24-17-15(14)21-6-7-22-17/h3-7,9H,8H2,1-2H3,(H,22,23,24). The molecular formula is C17H15Cl2FN4O. The van der Waals surface area contributed by atoms with Crippen LogP contribution >= 0.6 is 23.2 Å². The molecule has 25 heavy (non-hydrogen) atoms. The van der Waals surface area contributed by atoms with Crippen LogP contribution < -0.4 is 5.32 Å². The quantitative estimate of drug-likeness (QED) is 0.656. The Hall–Kier alpha value is -2.02. The van der Waals surface area contributed by atoms with E-state index < -0.39 is 5.82 Å².